The molecule has 1 aromatic rings. The second-order valence-electron chi connectivity index (χ2n) is 11.8. The van der Waals surface area contributed by atoms with Crippen molar-refractivity contribution in [1.29, 1.82) is 0 Å². The normalized spacial score (nSPS) is 13.4. The highest BCUT2D eigenvalue weighted by molar-refractivity contribution is 5.93. The zero-order chi connectivity index (χ0) is 35.8. The highest BCUT2D eigenvalue weighted by Gasteiger charge is 2.47. The fourth-order valence-electron chi connectivity index (χ4n) is 5.12. The van der Waals surface area contributed by atoms with Crippen LogP contribution in [0, 0.1) is 17.8 Å². The van der Waals surface area contributed by atoms with Crippen LogP contribution in [0.25, 0.3) is 0 Å². The van der Waals surface area contributed by atoms with Crippen LogP contribution in [0.3, 0.4) is 0 Å². The summed E-state index contributed by atoms with van der Waals surface area (Å²) in [6.45, 7) is 4.06. The minimum atomic E-state index is -2.75. The van der Waals surface area contributed by atoms with E-state index in [0.717, 1.165) is 45.6 Å². The van der Waals surface area contributed by atoms with E-state index in [4.69, 9.17) is 9.47 Å². The fraction of sp³-hybridized carbons (Fsp3) is 0.595. The number of ketones is 1. The van der Waals surface area contributed by atoms with E-state index in [0.29, 0.717) is 37.0 Å². The molecule has 0 aliphatic carbocycles. The van der Waals surface area contributed by atoms with Gasteiger partial charge in [-0.05, 0) is 56.7 Å². The van der Waals surface area contributed by atoms with Crippen molar-refractivity contribution in [3.63, 3.8) is 0 Å². The van der Waals surface area contributed by atoms with Crippen LogP contribution in [-0.4, -0.2) is 70.3 Å². The second-order valence-corrected chi connectivity index (χ2v) is 11.8. The first-order chi connectivity index (χ1) is 23.0. The summed E-state index contributed by atoms with van der Waals surface area (Å²) < 4.78 is 10.4. The molecule has 0 aromatic heterocycles. The predicted molar refractivity (Wildman–Crippen MR) is 181 cm³/mol. The van der Waals surface area contributed by atoms with Gasteiger partial charge in [0.05, 0.1) is 13.0 Å². The minimum absolute atomic E-state index is 0.00806. The topological polar surface area (TPSA) is 177 Å². The van der Waals surface area contributed by atoms with Gasteiger partial charge in [0.15, 0.2) is 5.60 Å². The van der Waals surface area contributed by atoms with Crippen LogP contribution in [0.1, 0.15) is 109 Å². The van der Waals surface area contributed by atoms with Gasteiger partial charge < -0.3 is 30.1 Å². The smallest absolute Gasteiger partial charge is 0.336 e. The van der Waals surface area contributed by atoms with Crippen molar-refractivity contribution in [2.75, 3.05) is 13.7 Å². The molecule has 0 aliphatic rings. The number of benzene rings is 1. The lowest BCUT2D eigenvalue weighted by Crippen LogP contribution is -2.55. The van der Waals surface area contributed by atoms with Gasteiger partial charge in [0.25, 0.3) is 0 Å². The number of Topliss-reactive ketones (excluding diaryl/α,β-unsaturated/α-hetero) is 1. The molecule has 0 heterocycles. The number of hydrogen-bond acceptors (Lipinski definition) is 8. The number of unbranched alkanes of at least 4 members (excludes halogenated alkanes) is 8. The van der Waals surface area contributed by atoms with Crippen LogP contribution in [0.15, 0.2) is 36.4 Å². The van der Waals surface area contributed by atoms with Crippen LogP contribution in [0.4, 0.5) is 0 Å². The molecule has 11 heteroatoms. The summed E-state index contributed by atoms with van der Waals surface area (Å²) in [6.07, 6.45) is 11.7. The van der Waals surface area contributed by atoms with E-state index < -0.39 is 54.2 Å². The number of aliphatic hydroxyl groups is 1. The Labute approximate surface area is 284 Å². The molecular weight excluding hydrogens is 618 g/mol. The molecule has 1 rings (SSSR count). The van der Waals surface area contributed by atoms with Gasteiger partial charge in [0, 0.05) is 25.7 Å². The molecule has 0 fully saturated rings. The molecule has 0 unspecified atom stereocenters. The van der Waals surface area contributed by atoms with E-state index in [1.54, 1.807) is 37.3 Å². The van der Waals surface area contributed by atoms with Crippen molar-refractivity contribution in [1.82, 2.24) is 5.32 Å². The molecule has 0 aliphatic heterocycles. The van der Waals surface area contributed by atoms with Gasteiger partial charge >= 0.3 is 17.9 Å². The molecule has 1 amide bonds. The first-order valence-corrected chi connectivity index (χ1v) is 16.8. The van der Waals surface area contributed by atoms with E-state index in [1.807, 2.05) is 0 Å². The molecule has 0 spiro atoms. The Morgan fingerprint density at radius 1 is 0.917 bits per heavy atom. The van der Waals surface area contributed by atoms with Crippen molar-refractivity contribution in [3.8, 4) is 17.6 Å². The van der Waals surface area contributed by atoms with Gasteiger partial charge in [-0.3, -0.25) is 14.4 Å². The van der Waals surface area contributed by atoms with Gasteiger partial charge in [0.1, 0.15) is 24.2 Å². The first-order valence-electron chi connectivity index (χ1n) is 16.8. The number of rotatable bonds is 26. The van der Waals surface area contributed by atoms with Crippen LogP contribution in [0.5, 0.6) is 5.75 Å². The number of carbonyl (C=O) groups excluding carboxylic acids is 3. The quantitative estimate of drug-likeness (QED) is 0.0431. The third-order valence-electron chi connectivity index (χ3n) is 8.00. The number of aliphatic carboxylic acids is 2. The zero-order valence-electron chi connectivity index (χ0n) is 28.6. The summed E-state index contributed by atoms with van der Waals surface area (Å²) >= 11 is 0. The largest absolute Gasteiger partial charge is 0.481 e. The molecule has 0 saturated carbocycles. The zero-order valence-corrected chi connectivity index (χ0v) is 28.6. The van der Waals surface area contributed by atoms with Crippen LogP contribution >= 0.6 is 0 Å². The molecule has 266 valence electrons. The van der Waals surface area contributed by atoms with Crippen molar-refractivity contribution >= 4 is 29.6 Å². The van der Waals surface area contributed by atoms with Crippen molar-refractivity contribution in [2.24, 2.45) is 5.92 Å². The Hall–Kier alpha value is -4.17. The summed E-state index contributed by atoms with van der Waals surface area (Å²) in [4.78, 5) is 61.8. The Balaban J connectivity index is 2.92. The number of ether oxygens (including phenoxy) is 2. The molecule has 0 saturated heterocycles. The number of carbonyl (C=O) groups is 5. The molecule has 1 aromatic carbocycles. The number of allylic oxidation sites excluding steroid dienone is 1. The lowest BCUT2D eigenvalue weighted by atomic mass is 9.81. The third-order valence-corrected chi connectivity index (χ3v) is 8.00. The van der Waals surface area contributed by atoms with Crippen LogP contribution < -0.4 is 10.1 Å². The lowest BCUT2D eigenvalue weighted by Gasteiger charge is -2.30. The van der Waals surface area contributed by atoms with E-state index in [1.165, 1.54) is 18.9 Å². The van der Waals surface area contributed by atoms with Gasteiger partial charge in [-0.1, -0.05) is 75.7 Å². The van der Waals surface area contributed by atoms with Crippen molar-refractivity contribution in [3.05, 3.63) is 42.0 Å². The minimum Gasteiger partial charge on any atom is -0.481 e. The van der Waals surface area contributed by atoms with Gasteiger partial charge in [-0.15, -0.1) is 5.92 Å². The lowest BCUT2D eigenvalue weighted by molar-refractivity contribution is -0.168. The number of hydrogen-bond donors (Lipinski definition) is 4. The molecule has 0 bridgehead atoms. The standard InChI is InChI=1S/C37H53NO10/c1-4-6-8-11-14-17-29(39)18-15-12-9-10-13-16-19-31(37(46,36(44)45)25-24-33(40)41)34(42)38-32(35(43)47-3)27-28-20-22-30(23-21-28)48-26-7-5-2/h16,19-23,31-32,46H,4,6,8-15,17-18,24-27H2,1-3H3,(H,38,42)(H,40,41)(H,44,45)/b19-16+/t31-,32+,37+/m1/s1. The summed E-state index contributed by atoms with van der Waals surface area (Å²) in [7, 11) is 1.15. The summed E-state index contributed by atoms with van der Waals surface area (Å²) in [6, 6.07) is 5.51. The Bertz CT molecular complexity index is 1250. The average molecular weight is 672 g/mol. The van der Waals surface area contributed by atoms with Gasteiger partial charge in [0.2, 0.25) is 5.91 Å². The summed E-state index contributed by atoms with van der Waals surface area (Å²) in [5.74, 6) is -0.217. The number of carboxylic acids is 2. The average Bonchev–Trinajstić information content (AvgIpc) is 3.06. The highest BCUT2D eigenvalue weighted by atomic mass is 16.5. The number of amides is 1. The summed E-state index contributed by atoms with van der Waals surface area (Å²) in [5.41, 5.74) is -2.11. The van der Waals surface area contributed by atoms with Gasteiger partial charge in [-0.25, -0.2) is 9.59 Å². The maximum Gasteiger partial charge on any atom is 0.336 e. The maximum absolute atomic E-state index is 13.6. The predicted octanol–water partition coefficient (Wildman–Crippen LogP) is 5.41. The number of esters is 1. The van der Waals surface area contributed by atoms with Crippen LogP contribution in [-0.2, 0) is 35.1 Å². The van der Waals surface area contributed by atoms with Gasteiger partial charge in [-0.2, -0.15) is 0 Å². The maximum atomic E-state index is 13.6. The Kier molecular flexibility index (Phi) is 21.0. The number of carboxylic acid groups (broad SMARTS) is 2. The van der Waals surface area contributed by atoms with E-state index >= 15 is 0 Å². The fourth-order valence-corrected chi connectivity index (χ4v) is 5.12. The Morgan fingerprint density at radius 3 is 2.10 bits per heavy atom. The van der Waals surface area contributed by atoms with E-state index in [-0.39, 0.29) is 18.8 Å². The van der Waals surface area contributed by atoms with Crippen molar-refractivity contribution in [2.45, 2.75) is 122 Å². The Morgan fingerprint density at radius 2 is 1.54 bits per heavy atom. The first kappa shape index (κ1) is 41.9. The number of nitrogens with one attached hydrogen (secondary N) is 1. The second kappa shape index (κ2) is 24.0. The third kappa shape index (κ3) is 16.6. The van der Waals surface area contributed by atoms with E-state index in [9.17, 15) is 39.3 Å². The summed E-state index contributed by atoms with van der Waals surface area (Å²) in [5, 5.41) is 32.8. The van der Waals surface area contributed by atoms with E-state index in [2.05, 4.69) is 24.1 Å². The highest BCUT2D eigenvalue weighted by Crippen LogP contribution is 2.27. The number of methoxy groups -OCH3 is 1. The SMILES string of the molecule is CC#CCOc1ccc(C[C@H](NC(=O)[C@@H](/C=C/CCCCCCC(=O)CCCCCCC)[C@@](O)(CCC(=O)O)C(=O)O)C(=O)OC)cc1. The van der Waals surface area contributed by atoms with Crippen molar-refractivity contribution < 1.29 is 48.8 Å². The molecule has 4 N–H and O–H groups in total. The molecule has 48 heavy (non-hydrogen) atoms. The monoisotopic (exact) mass is 671 g/mol. The molecule has 0 radical (unpaired) electrons. The van der Waals surface area contributed by atoms with Crippen LogP contribution in [0.2, 0.25) is 0 Å². The molecule has 11 nitrogen and oxygen atoms in total. The molecule has 3 atom stereocenters. The molecular formula is C37H53NO10.